The van der Waals surface area contributed by atoms with Gasteiger partial charge in [-0.3, -0.25) is 4.79 Å². The van der Waals surface area contributed by atoms with Crippen LogP contribution < -0.4 is 5.32 Å². The molecule has 22 heavy (non-hydrogen) atoms. The number of allylic oxidation sites excluding steroid dienone is 1. The summed E-state index contributed by atoms with van der Waals surface area (Å²) in [6, 6.07) is 0. The number of nitrogens with zero attached hydrogens (tertiary/aromatic N) is 3. The lowest BCUT2D eigenvalue weighted by molar-refractivity contribution is -0.116. The van der Waals surface area contributed by atoms with Crippen LogP contribution in [0.4, 0.5) is 0 Å². The van der Waals surface area contributed by atoms with Crippen molar-refractivity contribution >= 4 is 5.91 Å². The summed E-state index contributed by atoms with van der Waals surface area (Å²) in [5, 5.41) is 11.6. The molecular formula is C17H26N4O. The second-order valence-corrected chi connectivity index (χ2v) is 6.69. The summed E-state index contributed by atoms with van der Waals surface area (Å²) >= 11 is 0. The summed E-state index contributed by atoms with van der Waals surface area (Å²) in [6.45, 7) is 3.90. The molecule has 120 valence electrons. The molecule has 1 aromatic heterocycles. The maximum Gasteiger partial charge on any atom is 0.243 e. The Labute approximate surface area is 132 Å². The van der Waals surface area contributed by atoms with Gasteiger partial charge in [0, 0.05) is 32.0 Å². The molecule has 0 saturated heterocycles. The quantitative estimate of drug-likeness (QED) is 0.869. The zero-order valence-electron chi connectivity index (χ0n) is 13.5. The average molecular weight is 302 g/mol. The van der Waals surface area contributed by atoms with Crippen molar-refractivity contribution in [1.82, 2.24) is 20.1 Å². The highest BCUT2D eigenvalue weighted by Crippen LogP contribution is 2.29. The molecular weight excluding hydrogens is 276 g/mol. The number of amides is 1. The molecule has 5 heteroatoms. The van der Waals surface area contributed by atoms with E-state index >= 15 is 0 Å². The molecule has 1 aliphatic heterocycles. The number of hydrogen-bond donors (Lipinski definition) is 1. The zero-order chi connectivity index (χ0) is 15.4. The maximum atomic E-state index is 11.9. The minimum absolute atomic E-state index is 0.0414. The number of carbonyl (C=O) groups is 1. The van der Waals surface area contributed by atoms with Crippen molar-refractivity contribution in [3.63, 3.8) is 0 Å². The highest BCUT2D eigenvalue weighted by molar-refractivity contribution is 5.88. The molecule has 0 spiro atoms. The normalized spacial score (nSPS) is 23.3. The number of rotatable bonds is 4. The Morgan fingerprint density at radius 2 is 2.23 bits per heavy atom. The highest BCUT2D eigenvalue weighted by Gasteiger charge is 2.16. The number of aromatic nitrogens is 3. The Kier molecular flexibility index (Phi) is 4.90. The van der Waals surface area contributed by atoms with Crippen LogP contribution >= 0.6 is 0 Å². The SMILES string of the molecule is C[C@@H]1CC/C(=C\C(=O)NCCc2nnc3n2CCCCC3)C1. The lowest BCUT2D eigenvalue weighted by Gasteiger charge is -2.07. The van der Waals surface area contributed by atoms with Crippen LogP contribution in [0.25, 0.3) is 0 Å². The lowest BCUT2D eigenvalue weighted by Crippen LogP contribution is -2.25. The van der Waals surface area contributed by atoms with E-state index in [0.717, 1.165) is 49.8 Å². The fraction of sp³-hybridized carbons (Fsp3) is 0.706. The summed E-state index contributed by atoms with van der Waals surface area (Å²) in [5.74, 6) is 2.89. The van der Waals surface area contributed by atoms with Gasteiger partial charge in [0.25, 0.3) is 0 Å². The first kappa shape index (κ1) is 15.3. The first-order chi connectivity index (χ1) is 10.7. The van der Waals surface area contributed by atoms with Crippen molar-refractivity contribution < 1.29 is 4.79 Å². The first-order valence-corrected chi connectivity index (χ1v) is 8.60. The van der Waals surface area contributed by atoms with Crippen LogP contribution in [0.2, 0.25) is 0 Å². The van der Waals surface area contributed by atoms with E-state index in [1.807, 2.05) is 0 Å². The van der Waals surface area contributed by atoms with Crippen molar-refractivity contribution in [3.05, 3.63) is 23.3 Å². The molecule has 0 radical (unpaired) electrons. The summed E-state index contributed by atoms with van der Waals surface area (Å²) in [5.41, 5.74) is 1.29. The number of carbonyl (C=O) groups excluding carboxylic acids is 1. The molecule has 1 atom stereocenters. The Morgan fingerprint density at radius 3 is 3.05 bits per heavy atom. The Hall–Kier alpha value is -1.65. The van der Waals surface area contributed by atoms with Gasteiger partial charge in [-0.05, 0) is 38.0 Å². The van der Waals surface area contributed by atoms with Crippen LogP contribution in [-0.2, 0) is 24.2 Å². The molecule has 1 amide bonds. The van der Waals surface area contributed by atoms with Gasteiger partial charge in [-0.25, -0.2) is 0 Å². The number of nitrogens with one attached hydrogen (secondary N) is 1. The molecule has 0 unspecified atom stereocenters. The third-order valence-electron chi connectivity index (χ3n) is 4.74. The van der Waals surface area contributed by atoms with Gasteiger partial charge in [0.15, 0.2) is 0 Å². The molecule has 3 rings (SSSR count). The molecule has 2 heterocycles. The molecule has 1 aromatic rings. The largest absolute Gasteiger partial charge is 0.352 e. The van der Waals surface area contributed by atoms with E-state index < -0.39 is 0 Å². The van der Waals surface area contributed by atoms with Gasteiger partial charge in [0.1, 0.15) is 11.6 Å². The molecule has 0 aromatic carbocycles. The van der Waals surface area contributed by atoms with E-state index in [0.29, 0.717) is 6.54 Å². The van der Waals surface area contributed by atoms with Crippen LogP contribution in [0, 0.1) is 5.92 Å². The van der Waals surface area contributed by atoms with Crippen molar-refractivity contribution in [3.8, 4) is 0 Å². The van der Waals surface area contributed by atoms with E-state index in [1.54, 1.807) is 6.08 Å². The van der Waals surface area contributed by atoms with Crippen LogP contribution in [0.1, 0.15) is 57.1 Å². The second-order valence-electron chi connectivity index (χ2n) is 6.69. The summed E-state index contributed by atoms with van der Waals surface area (Å²) in [4.78, 5) is 11.9. The van der Waals surface area contributed by atoms with Gasteiger partial charge in [0.05, 0.1) is 0 Å². The maximum absolute atomic E-state index is 11.9. The molecule has 2 aliphatic rings. The van der Waals surface area contributed by atoms with Gasteiger partial charge in [0.2, 0.25) is 5.91 Å². The number of aryl methyl sites for hydroxylation is 1. The Morgan fingerprint density at radius 1 is 1.32 bits per heavy atom. The van der Waals surface area contributed by atoms with Crippen molar-refractivity contribution in [2.24, 2.45) is 5.92 Å². The highest BCUT2D eigenvalue weighted by atomic mass is 16.1. The molecule has 1 fully saturated rings. The zero-order valence-corrected chi connectivity index (χ0v) is 13.5. The summed E-state index contributed by atoms with van der Waals surface area (Å²) < 4.78 is 2.25. The fourth-order valence-corrected chi connectivity index (χ4v) is 3.48. The third-order valence-corrected chi connectivity index (χ3v) is 4.74. The smallest absolute Gasteiger partial charge is 0.243 e. The van der Waals surface area contributed by atoms with Crippen molar-refractivity contribution in [2.45, 2.75) is 64.8 Å². The molecule has 5 nitrogen and oxygen atoms in total. The van der Waals surface area contributed by atoms with E-state index in [1.165, 1.54) is 31.3 Å². The van der Waals surface area contributed by atoms with Crippen LogP contribution in [0.3, 0.4) is 0 Å². The lowest BCUT2D eigenvalue weighted by atomic mass is 10.1. The van der Waals surface area contributed by atoms with E-state index in [-0.39, 0.29) is 5.91 Å². The second kappa shape index (κ2) is 7.07. The fourth-order valence-electron chi connectivity index (χ4n) is 3.48. The van der Waals surface area contributed by atoms with E-state index in [2.05, 4.69) is 27.0 Å². The molecule has 1 N–H and O–H groups in total. The Balaban J connectivity index is 1.49. The number of fused-ring (bicyclic) bond motifs is 1. The first-order valence-electron chi connectivity index (χ1n) is 8.60. The predicted molar refractivity (Wildman–Crippen MR) is 85.4 cm³/mol. The van der Waals surface area contributed by atoms with Gasteiger partial charge in [-0.15, -0.1) is 10.2 Å². The van der Waals surface area contributed by atoms with Gasteiger partial charge in [-0.2, -0.15) is 0 Å². The molecule has 0 bridgehead atoms. The van der Waals surface area contributed by atoms with Gasteiger partial charge in [-0.1, -0.05) is 18.9 Å². The standard InChI is InChI=1S/C17H26N4O/c1-13-6-7-14(11-13)12-17(22)18-9-8-16-20-19-15-5-3-2-4-10-21(15)16/h12-13H,2-11H2,1H3,(H,18,22)/b14-12+/t13-/m1/s1. The van der Waals surface area contributed by atoms with Gasteiger partial charge < -0.3 is 9.88 Å². The number of hydrogen-bond acceptors (Lipinski definition) is 3. The van der Waals surface area contributed by atoms with Crippen LogP contribution in [0.5, 0.6) is 0 Å². The minimum Gasteiger partial charge on any atom is -0.352 e. The topological polar surface area (TPSA) is 59.8 Å². The third kappa shape index (κ3) is 3.76. The van der Waals surface area contributed by atoms with Crippen molar-refractivity contribution in [1.29, 1.82) is 0 Å². The summed E-state index contributed by atoms with van der Waals surface area (Å²) in [6.07, 6.45) is 10.6. The van der Waals surface area contributed by atoms with Crippen molar-refractivity contribution in [2.75, 3.05) is 6.54 Å². The monoisotopic (exact) mass is 302 g/mol. The Bertz CT molecular complexity index is 561. The minimum atomic E-state index is 0.0414. The van der Waals surface area contributed by atoms with Crippen LogP contribution in [0.15, 0.2) is 11.6 Å². The van der Waals surface area contributed by atoms with E-state index in [4.69, 9.17) is 0 Å². The molecule has 1 aliphatic carbocycles. The average Bonchev–Trinajstić information content (AvgIpc) is 2.98. The molecule has 1 saturated carbocycles. The van der Waals surface area contributed by atoms with Gasteiger partial charge >= 0.3 is 0 Å². The predicted octanol–water partition coefficient (Wildman–Crippen LogP) is 2.41. The van der Waals surface area contributed by atoms with Crippen LogP contribution in [-0.4, -0.2) is 27.2 Å². The van der Waals surface area contributed by atoms with E-state index in [9.17, 15) is 4.79 Å². The summed E-state index contributed by atoms with van der Waals surface area (Å²) in [7, 11) is 0.